The van der Waals surface area contributed by atoms with E-state index in [1.54, 1.807) is 0 Å². The molecule has 2 heterocycles. The Morgan fingerprint density at radius 2 is 2.00 bits per heavy atom. The van der Waals surface area contributed by atoms with Crippen LogP contribution in [0.5, 0.6) is 0 Å². The van der Waals surface area contributed by atoms with E-state index in [1.165, 1.54) is 0 Å². The summed E-state index contributed by atoms with van der Waals surface area (Å²) in [4.78, 5) is 16.6. The Kier molecular flexibility index (Phi) is 5.41. The Balaban J connectivity index is 1.90. The minimum absolute atomic E-state index is 0.191. The topological polar surface area (TPSA) is 55.8 Å². The van der Waals surface area contributed by atoms with Gasteiger partial charge >= 0.3 is 0 Å². The van der Waals surface area contributed by atoms with Crippen molar-refractivity contribution in [3.05, 3.63) is 0 Å². The highest BCUT2D eigenvalue weighted by atomic mass is 16.3. The highest BCUT2D eigenvalue weighted by Crippen LogP contribution is 2.25. The van der Waals surface area contributed by atoms with Gasteiger partial charge in [-0.05, 0) is 59.3 Å². The van der Waals surface area contributed by atoms with Gasteiger partial charge in [0.25, 0.3) is 0 Å². The van der Waals surface area contributed by atoms with Crippen molar-refractivity contribution in [3.63, 3.8) is 0 Å². The highest BCUT2D eigenvalue weighted by molar-refractivity contribution is 5.79. The fourth-order valence-corrected chi connectivity index (χ4v) is 3.47. The third-order valence-corrected chi connectivity index (χ3v) is 4.53. The standard InChI is InChI=1S/C15H29N3O2/c1-17(2)12-15(20)6-3-10-18(11-7-15)14(19)13-4-8-16-9-5-13/h13,16,20H,3-12H2,1-2H3/t15-/m0/s1. The Hall–Kier alpha value is -0.650. The monoisotopic (exact) mass is 283 g/mol. The first kappa shape index (κ1) is 15.7. The first-order chi connectivity index (χ1) is 9.50. The second-order valence-corrected chi connectivity index (χ2v) is 6.67. The predicted molar refractivity (Wildman–Crippen MR) is 79.5 cm³/mol. The number of rotatable bonds is 3. The lowest BCUT2D eigenvalue weighted by molar-refractivity contribution is -0.136. The van der Waals surface area contributed by atoms with E-state index >= 15 is 0 Å². The van der Waals surface area contributed by atoms with Crippen LogP contribution in [0.25, 0.3) is 0 Å². The number of carbonyl (C=O) groups is 1. The largest absolute Gasteiger partial charge is 0.388 e. The van der Waals surface area contributed by atoms with Crippen molar-refractivity contribution in [2.24, 2.45) is 5.92 Å². The smallest absolute Gasteiger partial charge is 0.225 e. The first-order valence-corrected chi connectivity index (χ1v) is 7.87. The number of hydrogen-bond acceptors (Lipinski definition) is 4. The Morgan fingerprint density at radius 3 is 2.65 bits per heavy atom. The van der Waals surface area contributed by atoms with Crippen molar-refractivity contribution < 1.29 is 9.90 Å². The SMILES string of the molecule is CN(C)C[C@]1(O)CCCN(C(=O)C2CCNCC2)CC1. The summed E-state index contributed by atoms with van der Waals surface area (Å²) in [5.41, 5.74) is -0.632. The molecule has 2 saturated heterocycles. The van der Waals surface area contributed by atoms with Crippen molar-refractivity contribution in [2.45, 2.75) is 37.7 Å². The molecule has 0 unspecified atom stereocenters. The molecule has 2 aliphatic rings. The summed E-state index contributed by atoms with van der Waals surface area (Å²) in [5.74, 6) is 0.497. The molecule has 0 bridgehead atoms. The summed E-state index contributed by atoms with van der Waals surface area (Å²) < 4.78 is 0. The summed E-state index contributed by atoms with van der Waals surface area (Å²) in [5, 5.41) is 13.9. The van der Waals surface area contributed by atoms with Gasteiger partial charge in [0.2, 0.25) is 5.91 Å². The number of aliphatic hydroxyl groups is 1. The molecule has 2 rings (SSSR count). The fourth-order valence-electron chi connectivity index (χ4n) is 3.47. The van der Waals surface area contributed by atoms with Gasteiger partial charge in [-0.1, -0.05) is 0 Å². The van der Waals surface area contributed by atoms with Crippen LogP contribution in [0.1, 0.15) is 32.1 Å². The number of piperidine rings is 1. The van der Waals surface area contributed by atoms with E-state index in [-0.39, 0.29) is 5.92 Å². The number of likely N-dealkylation sites (tertiary alicyclic amines) is 1. The van der Waals surface area contributed by atoms with Gasteiger partial charge in [-0.3, -0.25) is 4.79 Å². The average molecular weight is 283 g/mol. The van der Waals surface area contributed by atoms with Gasteiger partial charge < -0.3 is 20.2 Å². The molecule has 2 N–H and O–H groups in total. The van der Waals surface area contributed by atoms with E-state index in [2.05, 4.69) is 5.32 Å². The predicted octanol–water partition coefficient (Wildman–Crippen LogP) is 0.291. The normalized spacial score (nSPS) is 29.5. The van der Waals surface area contributed by atoms with E-state index in [1.807, 2.05) is 23.9 Å². The lowest BCUT2D eigenvalue weighted by Crippen LogP contribution is -2.43. The lowest BCUT2D eigenvalue weighted by Gasteiger charge is -2.31. The van der Waals surface area contributed by atoms with Crippen molar-refractivity contribution in [1.29, 1.82) is 0 Å². The zero-order valence-electron chi connectivity index (χ0n) is 12.9. The van der Waals surface area contributed by atoms with Crippen LogP contribution >= 0.6 is 0 Å². The third-order valence-electron chi connectivity index (χ3n) is 4.53. The lowest BCUT2D eigenvalue weighted by atomic mass is 9.94. The van der Waals surface area contributed by atoms with E-state index in [4.69, 9.17) is 0 Å². The molecule has 0 aromatic carbocycles. The summed E-state index contributed by atoms with van der Waals surface area (Å²) in [7, 11) is 3.97. The van der Waals surface area contributed by atoms with E-state index in [0.717, 1.165) is 45.3 Å². The van der Waals surface area contributed by atoms with Crippen LogP contribution in [0.2, 0.25) is 0 Å². The molecule has 1 atom stereocenters. The van der Waals surface area contributed by atoms with E-state index in [9.17, 15) is 9.90 Å². The summed E-state index contributed by atoms with van der Waals surface area (Å²) in [6.45, 7) is 4.09. The van der Waals surface area contributed by atoms with Crippen LogP contribution in [0.3, 0.4) is 0 Å². The molecule has 0 aromatic rings. The van der Waals surface area contributed by atoms with Gasteiger partial charge in [-0.15, -0.1) is 0 Å². The minimum atomic E-state index is -0.632. The number of likely N-dealkylation sites (N-methyl/N-ethyl adjacent to an activating group) is 1. The second-order valence-electron chi connectivity index (χ2n) is 6.67. The average Bonchev–Trinajstić information content (AvgIpc) is 2.60. The summed E-state index contributed by atoms with van der Waals surface area (Å²) >= 11 is 0. The van der Waals surface area contributed by atoms with Crippen LogP contribution in [0.15, 0.2) is 0 Å². The van der Waals surface area contributed by atoms with Crippen molar-refractivity contribution in [3.8, 4) is 0 Å². The quantitative estimate of drug-likeness (QED) is 0.782. The maximum Gasteiger partial charge on any atom is 0.225 e. The molecule has 0 spiro atoms. The fraction of sp³-hybridized carbons (Fsp3) is 0.933. The molecule has 116 valence electrons. The molecule has 0 aliphatic carbocycles. The third kappa shape index (κ3) is 4.17. The highest BCUT2D eigenvalue weighted by Gasteiger charge is 2.33. The molecule has 2 aliphatic heterocycles. The van der Waals surface area contributed by atoms with Crippen LogP contribution in [0.4, 0.5) is 0 Å². The van der Waals surface area contributed by atoms with Crippen LogP contribution in [0, 0.1) is 5.92 Å². The summed E-state index contributed by atoms with van der Waals surface area (Å²) in [6, 6.07) is 0. The van der Waals surface area contributed by atoms with Gasteiger partial charge in [-0.25, -0.2) is 0 Å². The minimum Gasteiger partial charge on any atom is -0.388 e. The number of hydrogen-bond donors (Lipinski definition) is 2. The van der Waals surface area contributed by atoms with Crippen molar-refractivity contribution in [2.75, 3.05) is 46.8 Å². The Morgan fingerprint density at radius 1 is 1.30 bits per heavy atom. The Bertz CT molecular complexity index is 329. The molecule has 0 aromatic heterocycles. The van der Waals surface area contributed by atoms with E-state index in [0.29, 0.717) is 25.4 Å². The van der Waals surface area contributed by atoms with Crippen LogP contribution < -0.4 is 5.32 Å². The van der Waals surface area contributed by atoms with Crippen molar-refractivity contribution in [1.82, 2.24) is 15.1 Å². The molecule has 0 saturated carbocycles. The molecule has 5 heteroatoms. The number of amides is 1. The van der Waals surface area contributed by atoms with Crippen LogP contribution in [-0.4, -0.2) is 73.2 Å². The van der Waals surface area contributed by atoms with Gasteiger partial charge in [0, 0.05) is 25.6 Å². The maximum atomic E-state index is 12.5. The maximum absolute atomic E-state index is 12.5. The number of carbonyl (C=O) groups excluding carboxylic acids is 1. The van der Waals surface area contributed by atoms with Gasteiger partial charge in [-0.2, -0.15) is 0 Å². The first-order valence-electron chi connectivity index (χ1n) is 7.87. The van der Waals surface area contributed by atoms with Gasteiger partial charge in [0.15, 0.2) is 0 Å². The molecule has 5 nitrogen and oxygen atoms in total. The molecular formula is C15H29N3O2. The molecule has 0 radical (unpaired) electrons. The zero-order valence-corrected chi connectivity index (χ0v) is 12.9. The molecule has 1 amide bonds. The number of nitrogens with one attached hydrogen (secondary N) is 1. The van der Waals surface area contributed by atoms with Crippen molar-refractivity contribution >= 4 is 5.91 Å². The van der Waals surface area contributed by atoms with Crippen LogP contribution in [-0.2, 0) is 4.79 Å². The number of nitrogens with zero attached hydrogens (tertiary/aromatic N) is 2. The zero-order chi connectivity index (χ0) is 14.6. The molecular weight excluding hydrogens is 254 g/mol. The second kappa shape index (κ2) is 6.87. The molecule has 2 fully saturated rings. The Labute approximate surface area is 122 Å². The van der Waals surface area contributed by atoms with Gasteiger partial charge in [0.1, 0.15) is 0 Å². The molecule has 20 heavy (non-hydrogen) atoms. The van der Waals surface area contributed by atoms with Gasteiger partial charge in [0.05, 0.1) is 5.60 Å². The summed E-state index contributed by atoms with van der Waals surface area (Å²) in [6.07, 6.45) is 4.30. The van der Waals surface area contributed by atoms with E-state index < -0.39 is 5.60 Å².